The zero-order chi connectivity index (χ0) is 18.2. The third-order valence-corrected chi connectivity index (χ3v) is 5.47. The Bertz CT molecular complexity index is 866. The highest BCUT2D eigenvalue weighted by atomic mass is 31.2. The molecule has 4 unspecified atom stereocenters. The van der Waals surface area contributed by atoms with Crippen LogP contribution in [-0.4, -0.2) is 49.3 Å². The fourth-order valence-corrected chi connectivity index (χ4v) is 3.92. The van der Waals surface area contributed by atoms with Crippen molar-refractivity contribution in [3.05, 3.63) is 16.7 Å². The maximum atomic E-state index is 11.8. The van der Waals surface area contributed by atoms with Gasteiger partial charge in [-0.05, 0) is 19.3 Å². The van der Waals surface area contributed by atoms with Crippen LogP contribution < -0.4 is 11.3 Å². The molecule has 0 amide bonds. The van der Waals surface area contributed by atoms with Gasteiger partial charge in [0.05, 0.1) is 19.5 Å². The number of hydrogen-bond acceptors (Lipinski definition) is 8. The molecule has 0 radical (unpaired) electrons. The lowest BCUT2D eigenvalue weighted by atomic mass is 9.70. The van der Waals surface area contributed by atoms with Crippen molar-refractivity contribution in [3.63, 3.8) is 0 Å². The van der Waals surface area contributed by atoms with E-state index < -0.39 is 13.4 Å². The van der Waals surface area contributed by atoms with E-state index in [4.69, 9.17) is 10.3 Å². The number of nitrogen functional groups attached to an aromatic ring is 1. The molecule has 5 N–H and O–H groups in total. The lowest BCUT2D eigenvalue weighted by Gasteiger charge is -2.44. The number of rotatable bonds is 7. The first-order valence-electron chi connectivity index (χ1n) is 7.81. The Hall–Kier alpha value is -1.78. The minimum Gasteiger partial charge on any atom is -0.396 e. The first-order chi connectivity index (χ1) is 11.9. The topological polar surface area (TPSA) is 166 Å². The molecule has 1 aliphatic rings. The second-order valence-corrected chi connectivity index (χ2v) is 7.32. The van der Waals surface area contributed by atoms with E-state index in [1.807, 2.05) is 0 Å². The summed E-state index contributed by atoms with van der Waals surface area (Å²) in [4.78, 5) is 31.8. The second-order valence-electron chi connectivity index (χ2n) is 5.87. The van der Waals surface area contributed by atoms with Crippen molar-refractivity contribution in [1.82, 2.24) is 19.5 Å². The summed E-state index contributed by atoms with van der Waals surface area (Å²) in [5, 5.41) is 9.67. The van der Waals surface area contributed by atoms with Crippen LogP contribution in [0.2, 0.25) is 0 Å². The average Bonchev–Trinajstić information content (AvgIpc) is 2.90. The Kier molecular flexibility index (Phi) is 4.94. The summed E-state index contributed by atoms with van der Waals surface area (Å²) in [6, 6.07) is -0.164. The fraction of sp³-hybridized carbons (Fsp3) is 0.615. The highest BCUT2D eigenvalue weighted by Crippen LogP contribution is 2.49. The van der Waals surface area contributed by atoms with Gasteiger partial charge in [0.25, 0.3) is 5.56 Å². The van der Waals surface area contributed by atoms with Gasteiger partial charge in [-0.2, -0.15) is 4.98 Å². The molecule has 4 atom stereocenters. The third-order valence-electron chi connectivity index (χ3n) is 4.41. The summed E-state index contributed by atoms with van der Waals surface area (Å²) in [7, 11) is -4.07. The van der Waals surface area contributed by atoms with Crippen molar-refractivity contribution in [2.75, 3.05) is 25.6 Å². The molecular weight excluding hydrogens is 353 g/mol. The zero-order valence-corrected chi connectivity index (χ0v) is 14.4. The van der Waals surface area contributed by atoms with Crippen molar-refractivity contribution in [3.8, 4) is 0 Å². The maximum Gasteiger partial charge on any atom is 0.472 e. The number of aromatic nitrogens is 4. The molecule has 11 nitrogen and oxygen atoms in total. The van der Waals surface area contributed by atoms with Crippen LogP contribution in [-0.2, 0) is 13.6 Å². The molecule has 3 rings (SSSR count). The van der Waals surface area contributed by atoms with Gasteiger partial charge in [-0.15, -0.1) is 0 Å². The molecule has 138 valence electrons. The number of nitrogens with zero attached hydrogens (tertiary/aromatic N) is 3. The normalized spacial score (nSPS) is 25.6. The monoisotopic (exact) mass is 373 g/mol. The first-order valence-corrected chi connectivity index (χ1v) is 9.31. The van der Waals surface area contributed by atoms with Crippen LogP contribution in [0.4, 0.5) is 5.95 Å². The number of phosphoric acid groups is 1. The molecule has 1 fully saturated rings. The quantitative estimate of drug-likeness (QED) is 0.489. The van der Waals surface area contributed by atoms with Gasteiger partial charge in [-0.3, -0.25) is 18.8 Å². The average molecular weight is 373 g/mol. The Labute approximate surface area is 142 Å². The van der Waals surface area contributed by atoms with Gasteiger partial charge < -0.3 is 20.3 Å². The van der Waals surface area contributed by atoms with Crippen molar-refractivity contribution < 1.29 is 23.6 Å². The smallest absolute Gasteiger partial charge is 0.396 e. The number of aromatic amines is 1. The van der Waals surface area contributed by atoms with Crippen LogP contribution >= 0.6 is 7.82 Å². The largest absolute Gasteiger partial charge is 0.472 e. The number of anilines is 1. The van der Waals surface area contributed by atoms with E-state index in [0.717, 1.165) is 0 Å². The number of fused-ring (bicyclic) bond motifs is 1. The number of aliphatic hydroxyl groups is 1. The number of nitrogens with one attached hydrogen (secondary N) is 1. The van der Waals surface area contributed by atoms with Crippen molar-refractivity contribution in [1.29, 1.82) is 0 Å². The molecule has 0 aliphatic heterocycles. The molecule has 0 aromatic carbocycles. The Morgan fingerprint density at radius 3 is 2.96 bits per heavy atom. The van der Waals surface area contributed by atoms with E-state index >= 15 is 0 Å². The predicted molar refractivity (Wildman–Crippen MR) is 87.7 cm³/mol. The fourth-order valence-electron chi connectivity index (χ4n) is 3.14. The minimum absolute atomic E-state index is 0.0156. The molecule has 1 aliphatic carbocycles. The number of nitrogens with two attached hydrogens (primary N) is 1. The minimum atomic E-state index is -4.07. The molecule has 1 saturated carbocycles. The number of imidazole rings is 1. The number of phosphoric ester groups is 1. The summed E-state index contributed by atoms with van der Waals surface area (Å²) in [6.07, 6.45) is 2.05. The van der Waals surface area contributed by atoms with Crippen molar-refractivity contribution in [2.45, 2.75) is 19.4 Å². The first kappa shape index (κ1) is 18.0. The molecule has 12 heteroatoms. The van der Waals surface area contributed by atoms with Crippen LogP contribution in [0.25, 0.3) is 11.2 Å². The second kappa shape index (κ2) is 6.85. The molecule has 0 spiro atoms. The molecule has 0 saturated heterocycles. The summed E-state index contributed by atoms with van der Waals surface area (Å²) in [6.45, 7) is 1.49. The Morgan fingerprint density at radius 1 is 1.52 bits per heavy atom. The van der Waals surface area contributed by atoms with E-state index in [9.17, 15) is 19.4 Å². The number of hydrogen-bond donors (Lipinski definition) is 4. The lowest BCUT2D eigenvalue weighted by molar-refractivity contribution is -0.00773. The summed E-state index contributed by atoms with van der Waals surface area (Å²) >= 11 is 0. The summed E-state index contributed by atoms with van der Waals surface area (Å²) in [5.41, 5.74) is 5.66. The predicted octanol–water partition coefficient (Wildman–Crippen LogP) is 0.0248. The molecule has 25 heavy (non-hydrogen) atoms. The van der Waals surface area contributed by atoms with Crippen LogP contribution in [0.3, 0.4) is 0 Å². The van der Waals surface area contributed by atoms with E-state index in [0.29, 0.717) is 12.1 Å². The maximum absolute atomic E-state index is 11.8. The van der Waals surface area contributed by atoms with Crippen LogP contribution in [0.1, 0.15) is 19.4 Å². The highest BCUT2D eigenvalue weighted by Gasteiger charge is 2.43. The number of H-pyrrole nitrogens is 1. The van der Waals surface area contributed by atoms with Gasteiger partial charge >= 0.3 is 7.82 Å². The van der Waals surface area contributed by atoms with E-state index in [1.165, 1.54) is 6.33 Å². The zero-order valence-electron chi connectivity index (χ0n) is 13.5. The van der Waals surface area contributed by atoms with E-state index in [-0.39, 0.29) is 49.2 Å². The van der Waals surface area contributed by atoms with Crippen molar-refractivity contribution >= 4 is 24.9 Å². The SMILES string of the molecule is CCOP(=O)(O)OCC1CC(n2cnc3c(=O)[nH]c(N)nc32)C1CO. The standard InChI is InChI=1S/C13H20N5O6P/c1-2-23-25(21,22)24-5-7-3-9(8(7)4-19)18-6-15-10-11(18)16-13(14)17-12(10)20/h6-9,19H,2-5H2,1H3,(H,21,22)(H3,14,16,17,20). The van der Waals surface area contributed by atoms with Gasteiger partial charge in [0.2, 0.25) is 5.95 Å². The van der Waals surface area contributed by atoms with Gasteiger partial charge in [0.1, 0.15) is 0 Å². The third kappa shape index (κ3) is 3.46. The van der Waals surface area contributed by atoms with Gasteiger partial charge in [-0.25, -0.2) is 9.55 Å². The van der Waals surface area contributed by atoms with Gasteiger partial charge in [0.15, 0.2) is 11.2 Å². The molecular formula is C13H20N5O6P. The highest BCUT2D eigenvalue weighted by molar-refractivity contribution is 7.47. The van der Waals surface area contributed by atoms with Gasteiger partial charge in [0, 0.05) is 18.6 Å². The van der Waals surface area contributed by atoms with Gasteiger partial charge in [-0.1, -0.05) is 0 Å². The summed E-state index contributed by atoms with van der Waals surface area (Å²) in [5.74, 6) is -0.383. The van der Waals surface area contributed by atoms with E-state index in [1.54, 1.807) is 11.5 Å². The van der Waals surface area contributed by atoms with E-state index in [2.05, 4.69) is 19.5 Å². The van der Waals surface area contributed by atoms with Crippen LogP contribution in [0.15, 0.2) is 11.1 Å². The van der Waals surface area contributed by atoms with Crippen molar-refractivity contribution in [2.24, 2.45) is 11.8 Å². The van der Waals surface area contributed by atoms with Crippen LogP contribution in [0.5, 0.6) is 0 Å². The van der Waals surface area contributed by atoms with Crippen LogP contribution in [0, 0.1) is 11.8 Å². The number of aliphatic hydroxyl groups excluding tert-OH is 1. The lowest BCUT2D eigenvalue weighted by Crippen LogP contribution is -2.42. The molecule has 2 aromatic heterocycles. The molecule has 2 heterocycles. The Balaban J connectivity index is 1.75. The molecule has 0 bridgehead atoms. The summed E-state index contributed by atoms with van der Waals surface area (Å²) < 4.78 is 22.9. The Morgan fingerprint density at radius 2 is 2.28 bits per heavy atom. The molecule has 2 aromatic rings.